The molecule has 0 fully saturated rings. The fraction of sp³-hybridized carbons (Fsp3) is 0.286. The number of rotatable bonds is 6. The Kier molecular flexibility index (Phi) is 5.86. The summed E-state index contributed by atoms with van der Waals surface area (Å²) in [5.74, 6) is 0.521. The van der Waals surface area contributed by atoms with Gasteiger partial charge < -0.3 is 14.6 Å². The Labute approximate surface area is 148 Å². The van der Waals surface area contributed by atoms with Crippen molar-refractivity contribution < 1.29 is 19.4 Å². The van der Waals surface area contributed by atoms with Crippen LogP contribution in [0.1, 0.15) is 37.5 Å². The number of carbonyl (C=O) groups is 1. The number of aliphatic carboxylic acids is 1. The van der Waals surface area contributed by atoms with Crippen LogP contribution in [0, 0.1) is 0 Å². The molecule has 0 saturated heterocycles. The van der Waals surface area contributed by atoms with Gasteiger partial charge in [0.25, 0.3) is 0 Å². The van der Waals surface area contributed by atoms with Gasteiger partial charge in [0.1, 0.15) is 18.1 Å². The van der Waals surface area contributed by atoms with Crippen LogP contribution in [0.2, 0.25) is 0 Å². The van der Waals surface area contributed by atoms with E-state index in [1.165, 1.54) is 5.56 Å². The summed E-state index contributed by atoms with van der Waals surface area (Å²) < 4.78 is 11.3. The molecule has 132 valence electrons. The zero-order valence-corrected chi connectivity index (χ0v) is 15.1. The van der Waals surface area contributed by atoms with E-state index in [9.17, 15) is 4.79 Å². The topological polar surface area (TPSA) is 55.8 Å². The molecule has 0 aromatic heterocycles. The number of ether oxygens (including phenoxy) is 2. The van der Waals surface area contributed by atoms with Crippen LogP contribution in [0.3, 0.4) is 0 Å². The number of carboxylic acids is 1. The summed E-state index contributed by atoms with van der Waals surface area (Å²) >= 11 is 0. The molecule has 2 rings (SSSR count). The molecule has 0 unspecified atom stereocenters. The quantitative estimate of drug-likeness (QED) is 0.777. The van der Waals surface area contributed by atoms with E-state index in [0.717, 1.165) is 23.0 Å². The minimum absolute atomic E-state index is 0.0542. The van der Waals surface area contributed by atoms with Crippen molar-refractivity contribution in [1.29, 1.82) is 0 Å². The predicted octanol–water partition coefficient (Wildman–Crippen LogP) is 4.67. The van der Waals surface area contributed by atoms with Crippen LogP contribution in [0.25, 0.3) is 6.08 Å². The van der Waals surface area contributed by atoms with Crippen molar-refractivity contribution in [2.45, 2.75) is 32.8 Å². The van der Waals surface area contributed by atoms with Gasteiger partial charge in [-0.15, -0.1) is 0 Å². The SMILES string of the molecule is COc1ccc(C=CC(=O)O)cc1COc1cccc(C(C)(C)C)c1. The van der Waals surface area contributed by atoms with Gasteiger partial charge in [-0.2, -0.15) is 0 Å². The van der Waals surface area contributed by atoms with E-state index in [2.05, 4.69) is 26.8 Å². The summed E-state index contributed by atoms with van der Waals surface area (Å²) in [6.07, 6.45) is 2.66. The van der Waals surface area contributed by atoms with Crippen molar-refractivity contribution in [3.8, 4) is 11.5 Å². The van der Waals surface area contributed by atoms with E-state index in [1.54, 1.807) is 13.2 Å². The lowest BCUT2D eigenvalue weighted by Crippen LogP contribution is -2.11. The Morgan fingerprint density at radius 3 is 2.56 bits per heavy atom. The molecule has 25 heavy (non-hydrogen) atoms. The van der Waals surface area contributed by atoms with Crippen molar-refractivity contribution >= 4 is 12.0 Å². The Hall–Kier alpha value is -2.75. The first kappa shape index (κ1) is 18.6. The van der Waals surface area contributed by atoms with Gasteiger partial charge in [-0.25, -0.2) is 4.79 Å². The summed E-state index contributed by atoms with van der Waals surface area (Å²) in [5, 5.41) is 8.75. The van der Waals surface area contributed by atoms with E-state index in [1.807, 2.05) is 36.4 Å². The lowest BCUT2D eigenvalue weighted by atomic mass is 9.87. The van der Waals surface area contributed by atoms with Crippen LogP contribution >= 0.6 is 0 Å². The van der Waals surface area contributed by atoms with Crippen LogP contribution in [-0.2, 0) is 16.8 Å². The molecule has 2 aromatic carbocycles. The van der Waals surface area contributed by atoms with Crippen molar-refractivity contribution in [2.75, 3.05) is 7.11 Å². The normalized spacial score (nSPS) is 11.5. The van der Waals surface area contributed by atoms with Gasteiger partial charge in [0.05, 0.1) is 7.11 Å². The zero-order chi connectivity index (χ0) is 18.4. The molecule has 0 bridgehead atoms. The fourth-order valence-electron chi connectivity index (χ4n) is 2.40. The predicted molar refractivity (Wildman–Crippen MR) is 99.1 cm³/mol. The molecule has 0 aliphatic rings. The highest BCUT2D eigenvalue weighted by Crippen LogP contribution is 2.27. The smallest absolute Gasteiger partial charge is 0.328 e. The summed E-state index contributed by atoms with van der Waals surface area (Å²) in [4.78, 5) is 10.7. The van der Waals surface area contributed by atoms with E-state index in [0.29, 0.717) is 12.4 Å². The van der Waals surface area contributed by atoms with Gasteiger partial charge in [0, 0.05) is 11.6 Å². The second kappa shape index (κ2) is 7.88. The number of hydrogen-bond donors (Lipinski definition) is 1. The van der Waals surface area contributed by atoms with Crippen LogP contribution in [0.4, 0.5) is 0 Å². The van der Waals surface area contributed by atoms with Crippen molar-refractivity contribution in [1.82, 2.24) is 0 Å². The van der Waals surface area contributed by atoms with Gasteiger partial charge in [0.2, 0.25) is 0 Å². The summed E-state index contributed by atoms with van der Waals surface area (Å²) in [7, 11) is 1.60. The molecule has 0 atom stereocenters. The van der Waals surface area contributed by atoms with E-state index in [4.69, 9.17) is 14.6 Å². The summed E-state index contributed by atoms with van der Waals surface area (Å²) in [5.41, 5.74) is 2.90. The molecule has 2 aromatic rings. The average molecular weight is 340 g/mol. The molecular formula is C21H24O4. The number of benzene rings is 2. The third-order valence-corrected chi connectivity index (χ3v) is 3.82. The minimum Gasteiger partial charge on any atom is -0.496 e. The maximum atomic E-state index is 10.7. The molecule has 0 aliphatic heterocycles. The third-order valence-electron chi connectivity index (χ3n) is 3.82. The van der Waals surface area contributed by atoms with Crippen molar-refractivity contribution in [3.05, 3.63) is 65.2 Å². The maximum absolute atomic E-state index is 10.7. The van der Waals surface area contributed by atoms with Crippen LogP contribution < -0.4 is 9.47 Å². The maximum Gasteiger partial charge on any atom is 0.328 e. The van der Waals surface area contributed by atoms with E-state index < -0.39 is 5.97 Å². The number of carboxylic acid groups (broad SMARTS) is 1. The van der Waals surface area contributed by atoms with Crippen molar-refractivity contribution in [3.63, 3.8) is 0 Å². The molecule has 0 heterocycles. The Bertz CT molecular complexity index is 770. The standard InChI is InChI=1S/C21H24O4/c1-21(2,3)17-6-5-7-18(13-17)25-14-16-12-15(9-11-20(22)23)8-10-19(16)24-4/h5-13H,14H2,1-4H3,(H,22,23). The molecule has 4 nitrogen and oxygen atoms in total. The van der Waals surface area contributed by atoms with Gasteiger partial charge in [-0.05, 0) is 46.9 Å². The first-order valence-electron chi connectivity index (χ1n) is 8.11. The first-order valence-corrected chi connectivity index (χ1v) is 8.11. The van der Waals surface area contributed by atoms with Gasteiger partial charge in [-0.3, -0.25) is 0 Å². The zero-order valence-electron chi connectivity index (χ0n) is 15.1. The molecule has 1 N–H and O–H groups in total. The van der Waals surface area contributed by atoms with Gasteiger partial charge >= 0.3 is 5.97 Å². The molecule has 0 saturated carbocycles. The first-order chi connectivity index (χ1) is 11.8. The third kappa shape index (κ3) is 5.38. The van der Waals surface area contributed by atoms with Crippen molar-refractivity contribution in [2.24, 2.45) is 0 Å². The highest BCUT2D eigenvalue weighted by Gasteiger charge is 2.14. The Morgan fingerprint density at radius 1 is 1.16 bits per heavy atom. The van der Waals surface area contributed by atoms with E-state index >= 15 is 0 Å². The largest absolute Gasteiger partial charge is 0.496 e. The molecule has 0 radical (unpaired) electrons. The fourth-order valence-corrected chi connectivity index (χ4v) is 2.40. The van der Waals surface area contributed by atoms with Gasteiger partial charge in [0.15, 0.2) is 0 Å². The van der Waals surface area contributed by atoms with Crippen LogP contribution in [-0.4, -0.2) is 18.2 Å². The lowest BCUT2D eigenvalue weighted by Gasteiger charge is -2.20. The molecular weight excluding hydrogens is 316 g/mol. The highest BCUT2D eigenvalue weighted by atomic mass is 16.5. The lowest BCUT2D eigenvalue weighted by molar-refractivity contribution is -0.131. The van der Waals surface area contributed by atoms with Crippen LogP contribution in [0.15, 0.2) is 48.5 Å². The summed E-state index contributed by atoms with van der Waals surface area (Å²) in [6, 6.07) is 13.5. The highest BCUT2D eigenvalue weighted by molar-refractivity contribution is 5.85. The molecule has 0 spiro atoms. The molecule has 0 aliphatic carbocycles. The van der Waals surface area contributed by atoms with Gasteiger partial charge in [-0.1, -0.05) is 39.0 Å². The van der Waals surface area contributed by atoms with Crippen LogP contribution in [0.5, 0.6) is 11.5 Å². The average Bonchev–Trinajstić information content (AvgIpc) is 2.57. The number of methoxy groups -OCH3 is 1. The Balaban J connectivity index is 2.19. The monoisotopic (exact) mass is 340 g/mol. The second-order valence-electron chi connectivity index (χ2n) is 6.81. The Morgan fingerprint density at radius 2 is 1.92 bits per heavy atom. The number of hydrogen-bond acceptors (Lipinski definition) is 3. The summed E-state index contributed by atoms with van der Waals surface area (Å²) in [6.45, 7) is 6.82. The minimum atomic E-state index is -0.979. The van der Waals surface area contributed by atoms with E-state index in [-0.39, 0.29) is 5.41 Å². The second-order valence-corrected chi connectivity index (χ2v) is 6.81. The molecule has 4 heteroatoms. The molecule has 0 amide bonds.